The number of hydrogen-bond acceptors (Lipinski definition) is 4. The Kier molecular flexibility index (Phi) is 5.64. The van der Waals surface area contributed by atoms with Gasteiger partial charge in [0.2, 0.25) is 11.8 Å². The Morgan fingerprint density at radius 2 is 1.65 bits per heavy atom. The lowest BCUT2D eigenvalue weighted by molar-refractivity contribution is -0.120. The van der Waals surface area contributed by atoms with Gasteiger partial charge in [0.1, 0.15) is 0 Å². The molecule has 0 aromatic heterocycles. The van der Waals surface area contributed by atoms with E-state index in [0.717, 1.165) is 35.3 Å². The van der Waals surface area contributed by atoms with Crippen molar-refractivity contribution in [3.8, 4) is 11.1 Å². The van der Waals surface area contributed by atoms with Gasteiger partial charge in [-0.1, -0.05) is 25.1 Å². The Hall–Kier alpha value is -2.67. The summed E-state index contributed by atoms with van der Waals surface area (Å²) in [6.45, 7) is 5.82. The van der Waals surface area contributed by atoms with E-state index in [1.165, 1.54) is 0 Å². The Labute approximate surface area is 183 Å². The molecule has 0 bridgehead atoms. The van der Waals surface area contributed by atoms with Gasteiger partial charge in [-0.3, -0.25) is 9.59 Å². The quantitative estimate of drug-likeness (QED) is 0.703. The summed E-state index contributed by atoms with van der Waals surface area (Å²) in [6, 6.07) is 12.5. The molecule has 6 nitrogen and oxygen atoms in total. The summed E-state index contributed by atoms with van der Waals surface area (Å²) in [7, 11) is -3.27. The number of nitrogens with zero attached hydrogens (tertiary/aromatic N) is 2. The summed E-state index contributed by atoms with van der Waals surface area (Å²) in [4.78, 5) is 29.1. The predicted octanol–water partition coefficient (Wildman–Crippen LogP) is 4.04. The van der Waals surface area contributed by atoms with Gasteiger partial charge in [0.15, 0.2) is 9.84 Å². The predicted molar refractivity (Wildman–Crippen MR) is 122 cm³/mol. The van der Waals surface area contributed by atoms with Crippen molar-refractivity contribution in [3.05, 3.63) is 42.5 Å². The van der Waals surface area contributed by atoms with Crippen molar-refractivity contribution in [2.45, 2.75) is 51.0 Å². The smallest absolute Gasteiger partial charge is 0.230 e. The fourth-order valence-corrected chi connectivity index (χ4v) is 5.61. The van der Waals surface area contributed by atoms with Crippen LogP contribution in [0.5, 0.6) is 0 Å². The molecule has 0 spiro atoms. The molecule has 2 aromatic carbocycles. The van der Waals surface area contributed by atoms with Gasteiger partial charge in [-0.05, 0) is 61.6 Å². The van der Waals surface area contributed by atoms with Crippen molar-refractivity contribution in [2.24, 2.45) is 5.92 Å². The van der Waals surface area contributed by atoms with E-state index in [1.807, 2.05) is 36.9 Å². The molecule has 1 aliphatic heterocycles. The van der Waals surface area contributed by atoms with Crippen LogP contribution in [0.1, 0.15) is 40.0 Å². The lowest BCUT2D eigenvalue weighted by atomic mass is 10.00. The van der Waals surface area contributed by atoms with E-state index in [9.17, 15) is 18.0 Å². The molecule has 1 atom stereocenters. The second kappa shape index (κ2) is 8.11. The largest absolute Gasteiger partial charge is 0.308 e. The number of carbonyl (C=O) groups excluding carboxylic acids is 2. The lowest BCUT2D eigenvalue weighted by Crippen LogP contribution is -2.51. The average Bonchev–Trinajstić information content (AvgIpc) is 3.57. The second-order valence-corrected chi connectivity index (χ2v) is 10.6. The highest BCUT2D eigenvalue weighted by Gasteiger charge is 2.39. The van der Waals surface area contributed by atoms with Crippen LogP contribution in [0.25, 0.3) is 11.1 Å². The van der Waals surface area contributed by atoms with Crippen LogP contribution >= 0.6 is 0 Å². The third kappa shape index (κ3) is 4.11. The van der Waals surface area contributed by atoms with E-state index < -0.39 is 9.84 Å². The molecule has 2 aliphatic rings. The van der Waals surface area contributed by atoms with E-state index in [0.29, 0.717) is 17.9 Å². The van der Waals surface area contributed by atoms with Crippen LogP contribution < -0.4 is 9.80 Å². The van der Waals surface area contributed by atoms with Crippen molar-refractivity contribution in [1.29, 1.82) is 0 Å². The maximum Gasteiger partial charge on any atom is 0.230 e. The molecule has 7 heteroatoms. The highest BCUT2D eigenvalue weighted by Crippen LogP contribution is 2.42. The third-order valence-electron chi connectivity index (χ3n) is 5.96. The molecule has 164 valence electrons. The summed E-state index contributed by atoms with van der Waals surface area (Å²) >= 11 is 0. The fourth-order valence-electron chi connectivity index (χ4n) is 4.29. The molecule has 1 heterocycles. The molecule has 4 rings (SSSR count). The van der Waals surface area contributed by atoms with Gasteiger partial charge in [0.25, 0.3) is 0 Å². The highest BCUT2D eigenvalue weighted by atomic mass is 32.2. The number of benzene rings is 2. The van der Waals surface area contributed by atoms with Gasteiger partial charge in [0.05, 0.1) is 28.1 Å². The molecule has 1 unspecified atom stereocenters. The number of anilines is 2. The Morgan fingerprint density at radius 3 is 2.23 bits per heavy atom. The van der Waals surface area contributed by atoms with E-state index in [4.69, 9.17) is 0 Å². The van der Waals surface area contributed by atoms with E-state index in [-0.39, 0.29) is 29.5 Å². The van der Waals surface area contributed by atoms with Crippen LogP contribution in [0, 0.1) is 5.92 Å². The van der Waals surface area contributed by atoms with Crippen molar-refractivity contribution < 1.29 is 18.0 Å². The minimum Gasteiger partial charge on any atom is -0.308 e. The second-order valence-electron chi connectivity index (χ2n) is 8.51. The highest BCUT2D eigenvalue weighted by molar-refractivity contribution is 7.91. The molecule has 1 aliphatic carbocycles. The zero-order valence-corrected chi connectivity index (χ0v) is 19.0. The molecule has 1 fully saturated rings. The van der Waals surface area contributed by atoms with Gasteiger partial charge in [-0.25, -0.2) is 8.42 Å². The first kappa shape index (κ1) is 21.6. The molecule has 0 radical (unpaired) electrons. The zero-order valence-electron chi connectivity index (χ0n) is 18.2. The molecule has 0 N–H and O–H groups in total. The first-order valence-corrected chi connectivity index (χ1v) is 12.5. The SMILES string of the molecule is CCCS(=O)(=O)c1ccc(-c2ccc3c(c2)N(C(=O)C2CC2)CC(C)N3C(C)=O)cc1. The minimum absolute atomic E-state index is 0.0505. The van der Waals surface area contributed by atoms with Crippen LogP contribution in [0.4, 0.5) is 11.4 Å². The third-order valence-corrected chi connectivity index (χ3v) is 7.90. The van der Waals surface area contributed by atoms with Gasteiger partial charge in [-0.2, -0.15) is 0 Å². The average molecular weight is 441 g/mol. The monoisotopic (exact) mass is 440 g/mol. The number of rotatable bonds is 5. The minimum atomic E-state index is -3.27. The van der Waals surface area contributed by atoms with Crippen LogP contribution in [0.15, 0.2) is 47.4 Å². The van der Waals surface area contributed by atoms with Crippen LogP contribution in [-0.2, 0) is 19.4 Å². The molecule has 0 saturated heterocycles. The first-order valence-electron chi connectivity index (χ1n) is 10.8. The number of sulfone groups is 1. The summed E-state index contributed by atoms with van der Waals surface area (Å²) in [5.41, 5.74) is 3.23. The Bertz CT molecular complexity index is 1120. The fraction of sp³-hybridized carbons (Fsp3) is 0.417. The van der Waals surface area contributed by atoms with Crippen molar-refractivity contribution in [2.75, 3.05) is 22.1 Å². The van der Waals surface area contributed by atoms with Crippen molar-refractivity contribution in [1.82, 2.24) is 0 Å². The number of fused-ring (bicyclic) bond motifs is 1. The topological polar surface area (TPSA) is 74.8 Å². The van der Waals surface area contributed by atoms with Crippen molar-refractivity contribution in [3.63, 3.8) is 0 Å². The van der Waals surface area contributed by atoms with Gasteiger partial charge in [-0.15, -0.1) is 0 Å². The Balaban J connectivity index is 1.74. The zero-order chi connectivity index (χ0) is 22.3. The van der Waals surface area contributed by atoms with Crippen LogP contribution in [-0.4, -0.2) is 38.6 Å². The van der Waals surface area contributed by atoms with E-state index in [1.54, 1.807) is 36.1 Å². The molecular weight excluding hydrogens is 412 g/mol. The van der Waals surface area contributed by atoms with Gasteiger partial charge in [0, 0.05) is 19.4 Å². The first-order chi connectivity index (χ1) is 14.7. The maximum absolute atomic E-state index is 13.0. The van der Waals surface area contributed by atoms with E-state index >= 15 is 0 Å². The van der Waals surface area contributed by atoms with E-state index in [2.05, 4.69) is 0 Å². The normalized spacial score (nSPS) is 18.6. The van der Waals surface area contributed by atoms with Gasteiger partial charge < -0.3 is 9.80 Å². The molecule has 2 amide bonds. The van der Waals surface area contributed by atoms with Gasteiger partial charge >= 0.3 is 0 Å². The molecular formula is C24H28N2O4S. The molecule has 31 heavy (non-hydrogen) atoms. The number of carbonyl (C=O) groups is 2. The maximum atomic E-state index is 13.0. The number of hydrogen-bond donors (Lipinski definition) is 0. The summed E-state index contributed by atoms with van der Waals surface area (Å²) in [6.07, 6.45) is 2.41. The lowest BCUT2D eigenvalue weighted by Gasteiger charge is -2.41. The Morgan fingerprint density at radius 1 is 1.00 bits per heavy atom. The van der Waals surface area contributed by atoms with Crippen LogP contribution in [0.2, 0.25) is 0 Å². The summed E-state index contributed by atoms with van der Waals surface area (Å²) in [5, 5.41) is 0. The van der Waals surface area contributed by atoms with Crippen LogP contribution in [0.3, 0.4) is 0 Å². The molecule has 2 aromatic rings. The molecule has 1 saturated carbocycles. The summed E-state index contributed by atoms with van der Waals surface area (Å²) in [5.74, 6) is 0.276. The summed E-state index contributed by atoms with van der Waals surface area (Å²) < 4.78 is 24.6. The number of amides is 2. The standard InChI is InChI=1S/C24H28N2O4S/c1-4-13-31(29,30)21-10-7-18(8-11-21)20-9-12-22-23(14-20)25(24(28)19-5-6-19)15-16(2)26(22)17(3)27/h7-12,14,16,19H,4-6,13,15H2,1-3H3. The van der Waals surface area contributed by atoms with Crippen molar-refractivity contribution >= 4 is 33.0 Å².